The van der Waals surface area contributed by atoms with E-state index in [9.17, 15) is 14.0 Å². The molecule has 0 spiro atoms. The molecule has 1 aliphatic rings. The van der Waals surface area contributed by atoms with Crippen molar-refractivity contribution < 1.29 is 14.0 Å². The third-order valence-electron chi connectivity index (χ3n) is 4.68. The Balaban J connectivity index is 1.59. The van der Waals surface area contributed by atoms with Gasteiger partial charge in [-0.05, 0) is 30.5 Å². The van der Waals surface area contributed by atoms with E-state index in [0.29, 0.717) is 11.4 Å². The summed E-state index contributed by atoms with van der Waals surface area (Å²) in [6, 6.07) is 7.61. The van der Waals surface area contributed by atoms with Crippen LogP contribution in [0.15, 0.2) is 30.3 Å². The second kappa shape index (κ2) is 8.12. The van der Waals surface area contributed by atoms with Crippen LogP contribution in [-0.4, -0.2) is 21.6 Å². The summed E-state index contributed by atoms with van der Waals surface area (Å²) < 4.78 is 14.7. The minimum Gasteiger partial charge on any atom is -0.347 e. The lowest BCUT2D eigenvalue weighted by molar-refractivity contribution is -0.120. The van der Waals surface area contributed by atoms with E-state index in [1.54, 1.807) is 25.2 Å². The second-order valence-electron chi connectivity index (χ2n) is 6.68. The monoisotopic (exact) mass is 358 g/mol. The number of carbonyl (C=O) groups excluding carboxylic acids is 2. The van der Waals surface area contributed by atoms with Gasteiger partial charge in [-0.3, -0.25) is 14.3 Å². The van der Waals surface area contributed by atoms with Crippen LogP contribution in [0.5, 0.6) is 0 Å². The highest BCUT2D eigenvalue weighted by atomic mass is 19.1. The number of hydrogen-bond donors (Lipinski definition) is 2. The number of halogens is 1. The zero-order chi connectivity index (χ0) is 18.5. The Hall–Kier alpha value is -2.70. The molecule has 0 saturated heterocycles. The van der Waals surface area contributed by atoms with Gasteiger partial charge in [0.05, 0.1) is 0 Å². The summed E-state index contributed by atoms with van der Waals surface area (Å²) in [4.78, 5) is 24.6. The van der Waals surface area contributed by atoms with Gasteiger partial charge in [0.2, 0.25) is 5.91 Å². The molecule has 0 bridgehead atoms. The van der Waals surface area contributed by atoms with Crippen LogP contribution < -0.4 is 10.6 Å². The first kappa shape index (κ1) is 18.1. The predicted molar refractivity (Wildman–Crippen MR) is 96.0 cm³/mol. The number of rotatable bonds is 5. The number of hydrogen-bond acceptors (Lipinski definition) is 3. The topological polar surface area (TPSA) is 76.0 Å². The summed E-state index contributed by atoms with van der Waals surface area (Å²) in [6.07, 6.45) is 5.16. The minimum atomic E-state index is -0.372. The lowest BCUT2D eigenvalue weighted by Gasteiger charge is -2.20. The van der Waals surface area contributed by atoms with Crippen LogP contribution in [0.25, 0.3) is 0 Å². The van der Waals surface area contributed by atoms with Crippen molar-refractivity contribution in [2.45, 2.75) is 38.6 Å². The molecule has 1 fully saturated rings. The van der Waals surface area contributed by atoms with Gasteiger partial charge in [-0.1, -0.05) is 31.4 Å². The molecule has 7 heteroatoms. The van der Waals surface area contributed by atoms with Crippen molar-refractivity contribution in [3.63, 3.8) is 0 Å². The standard InChI is InChI=1S/C19H23FN4O2/c1-24-17(22-18(25)14-7-3-2-4-8-14)11-16(23-24)19(26)21-12-13-6-5-9-15(20)10-13/h5-6,9-11,14H,2-4,7-8,12H2,1H3,(H,21,26)(H,22,25). The van der Waals surface area contributed by atoms with Crippen LogP contribution in [-0.2, 0) is 18.4 Å². The fourth-order valence-corrected chi connectivity index (χ4v) is 3.21. The van der Waals surface area contributed by atoms with E-state index in [-0.39, 0.29) is 35.8 Å². The molecule has 6 nitrogen and oxygen atoms in total. The van der Waals surface area contributed by atoms with E-state index in [2.05, 4.69) is 15.7 Å². The highest BCUT2D eigenvalue weighted by molar-refractivity contribution is 5.96. The van der Waals surface area contributed by atoms with Crippen molar-refractivity contribution in [3.8, 4) is 0 Å². The average Bonchev–Trinajstić information content (AvgIpc) is 3.01. The van der Waals surface area contributed by atoms with Gasteiger partial charge in [-0.15, -0.1) is 0 Å². The minimum absolute atomic E-state index is 0.0144. The van der Waals surface area contributed by atoms with E-state index in [1.165, 1.54) is 23.2 Å². The van der Waals surface area contributed by atoms with Crippen molar-refractivity contribution >= 4 is 17.6 Å². The highest BCUT2D eigenvalue weighted by Crippen LogP contribution is 2.25. The number of benzene rings is 1. The van der Waals surface area contributed by atoms with E-state index in [1.807, 2.05) is 0 Å². The van der Waals surface area contributed by atoms with Gasteiger partial charge in [0.25, 0.3) is 5.91 Å². The van der Waals surface area contributed by atoms with E-state index >= 15 is 0 Å². The molecule has 2 aromatic rings. The van der Waals surface area contributed by atoms with Gasteiger partial charge in [0, 0.05) is 25.6 Å². The highest BCUT2D eigenvalue weighted by Gasteiger charge is 2.22. The number of anilines is 1. The second-order valence-corrected chi connectivity index (χ2v) is 6.68. The largest absolute Gasteiger partial charge is 0.347 e. The van der Waals surface area contributed by atoms with Crippen LogP contribution in [0, 0.1) is 11.7 Å². The molecule has 3 rings (SSSR count). The Morgan fingerprint density at radius 3 is 2.73 bits per heavy atom. The normalized spacial score (nSPS) is 14.8. The molecule has 1 aliphatic carbocycles. The van der Waals surface area contributed by atoms with Gasteiger partial charge in [-0.25, -0.2) is 4.39 Å². The number of nitrogens with one attached hydrogen (secondary N) is 2. The van der Waals surface area contributed by atoms with Gasteiger partial charge < -0.3 is 10.6 Å². The SMILES string of the molecule is Cn1nc(C(=O)NCc2cccc(F)c2)cc1NC(=O)C1CCCCC1. The number of aryl methyl sites for hydroxylation is 1. The Labute approximate surface area is 151 Å². The van der Waals surface area contributed by atoms with Crippen LogP contribution in [0.1, 0.15) is 48.2 Å². The molecule has 0 aliphatic heterocycles. The summed E-state index contributed by atoms with van der Waals surface area (Å²) in [7, 11) is 1.68. The average molecular weight is 358 g/mol. The van der Waals surface area contributed by atoms with Crippen LogP contribution in [0.4, 0.5) is 10.2 Å². The molecule has 2 N–H and O–H groups in total. The van der Waals surface area contributed by atoms with Gasteiger partial charge >= 0.3 is 0 Å². The van der Waals surface area contributed by atoms with Crippen molar-refractivity contribution in [2.24, 2.45) is 13.0 Å². The van der Waals surface area contributed by atoms with E-state index in [0.717, 1.165) is 25.7 Å². The van der Waals surface area contributed by atoms with Crippen molar-refractivity contribution in [1.29, 1.82) is 0 Å². The smallest absolute Gasteiger partial charge is 0.272 e. The summed E-state index contributed by atoms with van der Waals surface area (Å²) in [5, 5.41) is 9.73. The molecule has 138 valence electrons. The van der Waals surface area contributed by atoms with Crippen molar-refractivity contribution in [2.75, 3.05) is 5.32 Å². The molecular weight excluding hydrogens is 335 g/mol. The molecule has 0 radical (unpaired) electrons. The lowest BCUT2D eigenvalue weighted by Crippen LogP contribution is -2.25. The zero-order valence-corrected chi connectivity index (χ0v) is 14.8. The molecule has 1 aromatic heterocycles. The Kier molecular flexibility index (Phi) is 5.65. The maximum atomic E-state index is 13.2. The third-order valence-corrected chi connectivity index (χ3v) is 4.68. The molecule has 1 heterocycles. The number of nitrogens with zero attached hydrogens (tertiary/aromatic N) is 2. The lowest BCUT2D eigenvalue weighted by atomic mass is 9.89. The Morgan fingerprint density at radius 2 is 2.00 bits per heavy atom. The molecule has 1 aromatic carbocycles. The molecule has 2 amide bonds. The first-order valence-corrected chi connectivity index (χ1v) is 8.90. The summed E-state index contributed by atoms with van der Waals surface area (Å²) in [5.74, 6) is -0.204. The molecular formula is C19H23FN4O2. The molecule has 0 unspecified atom stereocenters. The predicted octanol–water partition coefficient (Wildman–Crippen LogP) is 3.01. The third kappa shape index (κ3) is 4.47. The van der Waals surface area contributed by atoms with E-state index < -0.39 is 0 Å². The number of carbonyl (C=O) groups is 2. The van der Waals surface area contributed by atoms with Crippen molar-refractivity contribution in [1.82, 2.24) is 15.1 Å². The first-order chi connectivity index (χ1) is 12.5. The fraction of sp³-hybridized carbons (Fsp3) is 0.421. The Morgan fingerprint density at radius 1 is 1.23 bits per heavy atom. The quantitative estimate of drug-likeness (QED) is 0.863. The van der Waals surface area contributed by atoms with Crippen molar-refractivity contribution in [3.05, 3.63) is 47.4 Å². The summed E-state index contributed by atoms with van der Waals surface area (Å²) in [5.41, 5.74) is 0.878. The number of aromatic nitrogens is 2. The molecule has 26 heavy (non-hydrogen) atoms. The molecule has 0 atom stereocenters. The molecule has 1 saturated carbocycles. The van der Waals surface area contributed by atoms with Crippen LogP contribution >= 0.6 is 0 Å². The Bertz CT molecular complexity index is 797. The van der Waals surface area contributed by atoms with Gasteiger partial charge in [-0.2, -0.15) is 5.10 Å². The van der Waals surface area contributed by atoms with Gasteiger partial charge in [0.1, 0.15) is 11.6 Å². The fourth-order valence-electron chi connectivity index (χ4n) is 3.21. The maximum absolute atomic E-state index is 13.2. The van der Waals surface area contributed by atoms with Gasteiger partial charge in [0.15, 0.2) is 5.69 Å². The maximum Gasteiger partial charge on any atom is 0.272 e. The van der Waals surface area contributed by atoms with Crippen LogP contribution in [0.2, 0.25) is 0 Å². The van der Waals surface area contributed by atoms with Crippen LogP contribution in [0.3, 0.4) is 0 Å². The zero-order valence-electron chi connectivity index (χ0n) is 14.8. The van der Waals surface area contributed by atoms with E-state index in [4.69, 9.17) is 0 Å². The number of amides is 2. The summed E-state index contributed by atoms with van der Waals surface area (Å²) >= 11 is 0. The first-order valence-electron chi connectivity index (χ1n) is 8.90. The summed E-state index contributed by atoms with van der Waals surface area (Å²) in [6.45, 7) is 0.205.